The molecule has 4 atom stereocenters. The second-order valence-electron chi connectivity index (χ2n) is 11.9. The van der Waals surface area contributed by atoms with Crippen LogP contribution >= 0.6 is 0 Å². The normalized spacial score (nSPS) is 25.2. The van der Waals surface area contributed by atoms with Gasteiger partial charge in [-0.05, 0) is 55.8 Å². The SMILES string of the molecule is COc1cc(OC)c(C(=O)C[C@]2(C)CCC3=C([C@@H]2C(=O)c2ccccc2)[C@H](C(C)C)CC[C@H]3C)c(O)c1C. The lowest BCUT2D eigenvalue weighted by atomic mass is 9.54. The summed E-state index contributed by atoms with van der Waals surface area (Å²) in [5.41, 5.74) is 3.44. The van der Waals surface area contributed by atoms with E-state index in [0.717, 1.165) is 25.7 Å². The lowest BCUT2D eigenvalue weighted by molar-refractivity contribution is 0.0664. The summed E-state index contributed by atoms with van der Waals surface area (Å²) in [5.74, 6) is 1.28. The minimum atomic E-state index is -0.599. The molecule has 0 aliphatic heterocycles. The van der Waals surface area contributed by atoms with Crippen molar-refractivity contribution in [1.82, 2.24) is 0 Å². The summed E-state index contributed by atoms with van der Waals surface area (Å²) in [6, 6.07) is 11.2. The van der Waals surface area contributed by atoms with Crippen LogP contribution in [-0.4, -0.2) is 30.9 Å². The van der Waals surface area contributed by atoms with Crippen molar-refractivity contribution in [2.45, 2.75) is 66.7 Å². The Labute approximate surface area is 227 Å². The van der Waals surface area contributed by atoms with E-state index in [1.54, 1.807) is 13.0 Å². The molecule has 0 spiro atoms. The first-order valence-electron chi connectivity index (χ1n) is 13.8. The predicted molar refractivity (Wildman–Crippen MR) is 150 cm³/mol. The zero-order valence-electron chi connectivity index (χ0n) is 23.9. The summed E-state index contributed by atoms with van der Waals surface area (Å²) in [6.07, 6.45) is 3.98. The third-order valence-electron chi connectivity index (χ3n) is 9.13. The Kier molecular flexibility index (Phi) is 8.06. The van der Waals surface area contributed by atoms with Crippen molar-refractivity contribution in [3.63, 3.8) is 0 Å². The standard InChI is InChI=1S/C33H42O5/c1-19(2)23-14-13-20(3)24-15-16-33(5,30(28(23)24)32(36)22-11-9-8-10-12-22)18-25(34)29-27(38-7)17-26(37-6)21(4)31(29)35/h8-12,17,19-20,23,30,35H,13-16,18H2,1-7H3/t20-,23+,30-,33+/m1/s1. The van der Waals surface area contributed by atoms with Crippen LogP contribution in [-0.2, 0) is 0 Å². The summed E-state index contributed by atoms with van der Waals surface area (Å²) in [7, 11) is 3.01. The number of phenols is 1. The minimum Gasteiger partial charge on any atom is -0.507 e. The Morgan fingerprint density at radius 1 is 1.08 bits per heavy atom. The molecule has 2 aromatic carbocycles. The lowest BCUT2D eigenvalue weighted by Gasteiger charge is -2.49. The van der Waals surface area contributed by atoms with E-state index in [-0.39, 0.29) is 41.0 Å². The van der Waals surface area contributed by atoms with Crippen molar-refractivity contribution in [3.8, 4) is 17.2 Å². The molecule has 2 aromatic rings. The van der Waals surface area contributed by atoms with Crippen molar-refractivity contribution in [2.24, 2.45) is 29.1 Å². The first-order valence-corrected chi connectivity index (χ1v) is 13.8. The van der Waals surface area contributed by atoms with E-state index < -0.39 is 5.41 Å². The number of Topliss-reactive ketones (excluding diaryl/α,β-unsaturated/α-hetero) is 2. The summed E-state index contributed by atoms with van der Waals surface area (Å²) < 4.78 is 10.9. The molecule has 0 fully saturated rings. The average Bonchev–Trinajstić information content (AvgIpc) is 2.89. The third-order valence-corrected chi connectivity index (χ3v) is 9.13. The van der Waals surface area contributed by atoms with Gasteiger partial charge in [-0.3, -0.25) is 9.59 Å². The quantitative estimate of drug-likeness (QED) is 0.288. The van der Waals surface area contributed by atoms with E-state index in [1.165, 1.54) is 25.4 Å². The number of rotatable bonds is 8. The maximum absolute atomic E-state index is 14.4. The van der Waals surface area contributed by atoms with Crippen molar-refractivity contribution >= 4 is 11.6 Å². The molecule has 0 aromatic heterocycles. The molecule has 0 radical (unpaired) electrons. The molecular weight excluding hydrogens is 476 g/mol. The summed E-state index contributed by atoms with van der Waals surface area (Å²) >= 11 is 0. The second-order valence-corrected chi connectivity index (χ2v) is 11.9. The zero-order chi connectivity index (χ0) is 27.8. The van der Waals surface area contributed by atoms with Gasteiger partial charge >= 0.3 is 0 Å². The fourth-order valence-corrected chi connectivity index (χ4v) is 6.94. The van der Waals surface area contributed by atoms with Crippen molar-refractivity contribution < 1.29 is 24.2 Å². The number of aromatic hydroxyl groups is 1. The largest absolute Gasteiger partial charge is 0.507 e. The van der Waals surface area contributed by atoms with Crippen molar-refractivity contribution in [2.75, 3.05) is 14.2 Å². The number of phenolic OH excluding ortho intramolecular Hbond substituents is 1. The van der Waals surface area contributed by atoms with Gasteiger partial charge in [0.05, 0.1) is 14.2 Å². The highest BCUT2D eigenvalue weighted by atomic mass is 16.5. The molecule has 5 nitrogen and oxygen atoms in total. The molecule has 0 heterocycles. The highest BCUT2D eigenvalue weighted by Gasteiger charge is 2.50. The van der Waals surface area contributed by atoms with Crippen molar-refractivity contribution in [3.05, 3.63) is 64.2 Å². The molecule has 2 aliphatic carbocycles. The number of allylic oxidation sites excluding steroid dienone is 2. The van der Waals surface area contributed by atoms with Crippen LogP contribution in [0.3, 0.4) is 0 Å². The monoisotopic (exact) mass is 518 g/mol. The highest BCUT2D eigenvalue weighted by molar-refractivity contribution is 6.04. The number of benzene rings is 2. The van der Waals surface area contributed by atoms with Gasteiger partial charge in [-0.25, -0.2) is 0 Å². The smallest absolute Gasteiger partial charge is 0.170 e. The number of carbonyl (C=O) groups excluding carboxylic acids is 2. The van der Waals surface area contributed by atoms with Gasteiger partial charge in [0.2, 0.25) is 0 Å². The van der Waals surface area contributed by atoms with Gasteiger partial charge in [0.1, 0.15) is 22.8 Å². The first kappa shape index (κ1) is 27.9. The second kappa shape index (κ2) is 11.0. The lowest BCUT2D eigenvalue weighted by Crippen LogP contribution is -2.44. The van der Waals surface area contributed by atoms with Crippen LogP contribution in [0.5, 0.6) is 17.2 Å². The Morgan fingerprint density at radius 3 is 2.34 bits per heavy atom. The molecule has 0 saturated carbocycles. The number of hydrogen-bond acceptors (Lipinski definition) is 5. The van der Waals surface area contributed by atoms with Crippen LogP contribution < -0.4 is 9.47 Å². The summed E-state index contributed by atoms with van der Waals surface area (Å²) in [5, 5.41) is 11.0. The van der Waals surface area contributed by atoms with Crippen LogP contribution in [0.25, 0.3) is 0 Å². The zero-order valence-corrected chi connectivity index (χ0v) is 23.9. The van der Waals surface area contributed by atoms with Gasteiger partial charge in [-0.1, -0.05) is 69.2 Å². The number of methoxy groups -OCH3 is 2. The number of ketones is 2. The molecule has 4 rings (SSSR count). The van der Waals surface area contributed by atoms with E-state index in [1.807, 2.05) is 30.3 Å². The topological polar surface area (TPSA) is 72.8 Å². The molecule has 2 aliphatic rings. The fourth-order valence-electron chi connectivity index (χ4n) is 6.94. The maximum atomic E-state index is 14.4. The molecule has 0 unspecified atom stereocenters. The van der Waals surface area contributed by atoms with E-state index in [9.17, 15) is 14.7 Å². The van der Waals surface area contributed by atoms with Gasteiger partial charge in [-0.15, -0.1) is 0 Å². The van der Waals surface area contributed by atoms with E-state index in [2.05, 4.69) is 27.7 Å². The van der Waals surface area contributed by atoms with Crippen LogP contribution in [0, 0.1) is 36.0 Å². The number of ether oxygens (including phenoxy) is 2. The van der Waals surface area contributed by atoms with Gasteiger partial charge in [0.15, 0.2) is 11.6 Å². The molecule has 1 N–H and O–H groups in total. The van der Waals surface area contributed by atoms with Crippen LogP contribution in [0.1, 0.15) is 86.1 Å². The Bertz CT molecular complexity index is 1240. The molecule has 0 saturated heterocycles. The first-order chi connectivity index (χ1) is 18.0. The van der Waals surface area contributed by atoms with Crippen molar-refractivity contribution in [1.29, 1.82) is 0 Å². The molecule has 0 amide bonds. The minimum absolute atomic E-state index is 0.0925. The van der Waals surface area contributed by atoms with Gasteiger partial charge in [-0.2, -0.15) is 0 Å². The number of carbonyl (C=O) groups is 2. The van der Waals surface area contributed by atoms with Gasteiger partial charge in [0, 0.05) is 29.5 Å². The molecule has 204 valence electrons. The van der Waals surface area contributed by atoms with Gasteiger partial charge in [0.25, 0.3) is 0 Å². The average molecular weight is 519 g/mol. The highest BCUT2D eigenvalue weighted by Crippen LogP contribution is 2.56. The summed E-state index contributed by atoms with van der Waals surface area (Å²) in [4.78, 5) is 28.4. The Hall–Kier alpha value is -3.08. The third kappa shape index (κ3) is 4.88. The Balaban J connectivity index is 1.84. The van der Waals surface area contributed by atoms with E-state index in [4.69, 9.17) is 9.47 Å². The molecule has 0 bridgehead atoms. The van der Waals surface area contributed by atoms with Crippen LogP contribution in [0.15, 0.2) is 47.5 Å². The van der Waals surface area contributed by atoms with E-state index in [0.29, 0.717) is 34.6 Å². The van der Waals surface area contributed by atoms with E-state index >= 15 is 0 Å². The maximum Gasteiger partial charge on any atom is 0.170 e. The number of hydrogen-bond donors (Lipinski definition) is 1. The Morgan fingerprint density at radius 2 is 1.74 bits per heavy atom. The molecule has 5 heteroatoms. The van der Waals surface area contributed by atoms with Crippen LogP contribution in [0.4, 0.5) is 0 Å². The summed E-state index contributed by atoms with van der Waals surface area (Å²) in [6.45, 7) is 10.6. The molecule has 38 heavy (non-hydrogen) atoms. The van der Waals surface area contributed by atoms with Gasteiger partial charge < -0.3 is 14.6 Å². The predicted octanol–water partition coefficient (Wildman–Crippen LogP) is 7.59. The van der Waals surface area contributed by atoms with Crippen LogP contribution in [0.2, 0.25) is 0 Å². The molecular formula is C33H42O5. The fraction of sp³-hybridized carbons (Fsp3) is 0.515.